The summed E-state index contributed by atoms with van der Waals surface area (Å²) in [6.45, 7) is 2.22. The van der Waals surface area contributed by atoms with E-state index in [1.165, 1.54) is 0 Å². The molecule has 0 heterocycles. The minimum atomic E-state index is 0.0870. The third-order valence-corrected chi connectivity index (χ3v) is 1.73. The van der Waals surface area contributed by atoms with Crippen molar-refractivity contribution in [3.8, 4) is 0 Å². The maximum atomic E-state index is 8.30. The summed E-state index contributed by atoms with van der Waals surface area (Å²) in [6.07, 6.45) is 3.83. The number of unbranched alkanes of at least 4 members (excludes halogenated alkanes) is 3. The van der Waals surface area contributed by atoms with Gasteiger partial charge in [0.2, 0.25) is 0 Å². The first-order valence-electron chi connectivity index (χ1n) is 5.72. The monoisotopic (exact) mass is 238 g/mol. The van der Waals surface area contributed by atoms with Gasteiger partial charge in [0.05, 0.1) is 26.4 Å². The molecule has 0 bridgehead atoms. The van der Waals surface area contributed by atoms with Gasteiger partial charge in [0.15, 0.2) is 0 Å². The molecule has 0 saturated carbocycles. The van der Waals surface area contributed by atoms with Crippen LogP contribution in [0.15, 0.2) is 0 Å². The average Bonchev–Trinajstić information content (AvgIpc) is 2.31. The Balaban J connectivity index is 0. The van der Waals surface area contributed by atoms with Gasteiger partial charge < -0.3 is 24.8 Å². The van der Waals surface area contributed by atoms with Gasteiger partial charge in [-0.3, -0.25) is 0 Å². The van der Waals surface area contributed by atoms with E-state index in [1.807, 2.05) is 0 Å². The SMILES string of the molecule is COCCOCCO.OCCCCCCO. The maximum absolute atomic E-state index is 8.30. The van der Waals surface area contributed by atoms with E-state index in [9.17, 15) is 0 Å². The van der Waals surface area contributed by atoms with E-state index in [1.54, 1.807) is 7.11 Å². The standard InChI is InChI=1S/C6H14O2.C5H12O3/c7-5-3-1-2-4-6-8;1-7-4-5-8-3-2-6/h7-8H,1-6H2;6H,2-5H2,1H3. The molecule has 0 aliphatic rings. The number of rotatable bonds is 10. The molecule has 0 spiro atoms. The van der Waals surface area contributed by atoms with Crippen LogP contribution in [0, 0.1) is 0 Å². The molecule has 3 N–H and O–H groups in total. The van der Waals surface area contributed by atoms with Crippen molar-refractivity contribution >= 4 is 0 Å². The highest BCUT2D eigenvalue weighted by Gasteiger charge is 1.84. The molecule has 0 atom stereocenters. The lowest BCUT2D eigenvalue weighted by atomic mass is 10.2. The number of hydrogen-bond acceptors (Lipinski definition) is 5. The smallest absolute Gasteiger partial charge is 0.0701 e. The minimum absolute atomic E-state index is 0.0870. The summed E-state index contributed by atoms with van der Waals surface area (Å²) in [7, 11) is 1.61. The summed E-state index contributed by atoms with van der Waals surface area (Å²) in [4.78, 5) is 0. The van der Waals surface area contributed by atoms with Gasteiger partial charge in [0.25, 0.3) is 0 Å². The molecule has 0 aromatic heterocycles. The van der Waals surface area contributed by atoms with Gasteiger partial charge in [-0.2, -0.15) is 0 Å². The van der Waals surface area contributed by atoms with Gasteiger partial charge in [-0.25, -0.2) is 0 Å². The highest BCUT2D eigenvalue weighted by molar-refractivity contribution is 4.39. The highest BCUT2D eigenvalue weighted by Crippen LogP contribution is 1.96. The molecule has 0 unspecified atom stereocenters. The van der Waals surface area contributed by atoms with Gasteiger partial charge in [-0.05, 0) is 12.8 Å². The number of ether oxygens (including phenoxy) is 2. The second-order valence-electron chi connectivity index (χ2n) is 3.19. The van der Waals surface area contributed by atoms with Gasteiger partial charge >= 0.3 is 0 Å². The molecule has 0 aromatic rings. The van der Waals surface area contributed by atoms with Gasteiger partial charge in [0.1, 0.15) is 0 Å². The zero-order valence-corrected chi connectivity index (χ0v) is 10.2. The van der Waals surface area contributed by atoms with Gasteiger partial charge in [-0.1, -0.05) is 12.8 Å². The van der Waals surface area contributed by atoms with Crippen LogP contribution in [0.25, 0.3) is 0 Å². The fourth-order valence-corrected chi connectivity index (χ4v) is 0.886. The normalized spacial score (nSPS) is 9.75. The molecule has 0 rings (SSSR count). The second-order valence-corrected chi connectivity index (χ2v) is 3.19. The molecule has 5 nitrogen and oxygen atoms in total. The van der Waals surface area contributed by atoms with Crippen LogP contribution in [-0.4, -0.2) is 62.1 Å². The fraction of sp³-hybridized carbons (Fsp3) is 1.00. The summed E-state index contributed by atoms with van der Waals surface area (Å²) in [5.74, 6) is 0. The average molecular weight is 238 g/mol. The predicted octanol–water partition coefficient (Wildman–Crippen LogP) is 0.173. The van der Waals surface area contributed by atoms with Crippen LogP contribution in [0.2, 0.25) is 0 Å². The first-order chi connectivity index (χ1) is 7.83. The Labute approximate surface area is 98.0 Å². The predicted molar refractivity (Wildman–Crippen MR) is 62.4 cm³/mol. The summed E-state index contributed by atoms with van der Waals surface area (Å²) in [6, 6.07) is 0. The second kappa shape index (κ2) is 20.2. The number of methoxy groups -OCH3 is 1. The lowest BCUT2D eigenvalue weighted by molar-refractivity contribution is 0.0500. The van der Waals surface area contributed by atoms with Crippen molar-refractivity contribution in [2.75, 3.05) is 46.8 Å². The molecule has 0 aliphatic carbocycles. The van der Waals surface area contributed by atoms with Crippen LogP contribution in [0.3, 0.4) is 0 Å². The zero-order chi connectivity index (χ0) is 12.5. The summed E-state index contributed by atoms with van der Waals surface area (Å²) in [5.41, 5.74) is 0. The largest absolute Gasteiger partial charge is 0.396 e. The Morgan fingerprint density at radius 3 is 1.62 bits per heavy atom. The van der Waals surface area contributed by atoms with E-state index >= 15 is 0 Å². The van der Waals surface area contributed by atoms with E-state index in [4.69, 9.17) is 20.1 Å². The lowest BCUT2D eigenvalue weighted by Crippen LogP contribution is -2.05. The van der Waals surface area contributed by atoms with Gasteiger partial charge in [-0.15, -0.1) is 0 Å². The van der Waals surface area contributed by atoms with Crippen LogP contribution in [-0.2, 0) is 9.47 Å². The number of aliphatic hydroxyl groups is 3. The number of aliphatic hydroxyl groups excluding tert-OH is 3. The van der Waals surface area contributed by atoms with Crippen molar-refractivity contribution in [2.45, 2.75) is 25.7 Å². The van der Waals surface area contributed by atoms with Crippen molar-refractivity contribution < 1.29 is 24.8 Å². The topological polar surface area (TPSA) is 79.2 Å². The Morgan fingerprint density at radius 1 is 0.688 bits per heavy atom. The van der Waals surface area contributed by atoms with Crippen LogP contribution < -0.4 is 0 Å². The molecule has 0 aromatic carbocycles. The molecule has 0 fully saturated rings. The molecule has 0 saturated heterocycles. The van der Waals surface area contributed by atoms with Crippen molar-refractivity contribution in [1.29, 1.82) is 0 Å². The highest BCUT2D eigenvalue weighted by atomic mass is 16.5. The third kappa shape index (κ3) is 23.5. The molecule has 0 amide bonds. The molecule has 0 aliphatic heterocycles. The van der Waals surface area contributed by atoms with Crippen molar-refractivity contribution in [1.82, 2.24) is 0 Å². The first kappa shape index (κ1) is 18.2. The van der Waals surface area contributed by atoms with E-state index in [-0.39, 0.29) is 19.8 Å². The summed E-state index contributed by atoms with van der Waals surface area (Å²) >= 11 is 0. The van der Waals surface area contributed by atoms with Crippen LogP contribution >= 0.6 is 0 Å². The maximum Gasteiger partial charge on any atom is 0.0701 e. The van der Waals surface area contributed by atoms with Crippen LogP contribution in [0.4, 0.5) is 0 Å². The van der Waals surface area contributed by atoms with Gasteiger partial charge in [0, 0.05) is 20.3 Å². The van der Waals surface area contributed by atoms with Crippen molar-refractivity contribution in [3.05, 3.63) is 0 Å². The molecular weight excluding hydrogens is 212 g/mol. The van der Waals surface area contributed by atoms with E-state index in [2.05, 4.69) is 4.74 Å². The quantitative estimate of drug-likeness (QED) is 0.473. The molecule has 0 radical (unpaired) electrons. The third-order valence-electron chi connectivity index (χ3n) is 1.73. The van der Waals surface area contributed by atoms with Crippen LogP contribution in [0.1, 0.15) is 25.7 Å². The molecule has 16 heavy (non-hydrogen) atoms. The van der Waals surface area contributed by atoms with E-state index in [0.29, 0.717) is 19.8 Å². The fourth-order valence-electron chi connectivity index (χ4n) is 0.886. The Bertz CT molecular complexity index is 76.4. The van der Waals surface area contributed by atoms with Crippen molar-refractivity contribution in [3.63, 3.8) is 0 Å². The summed E-state index contributed by atoms with van der Waals surface area (Å²) < 4.78 is 9.53. The lowest BCUT2D eigenvalue weighted by Gasteiger charge is -1.98. The number of hydrogen-bond donors (Lipinski definition) is 3. The Morgan fingerprint density at radius 2 is 1.25 bits per heavy atom. The molecular formula is C11H26O5. The van der Waals surface area contributed by atoms with E-state index < -0.39 is 0 Å². The zero-order valence-electron chi connectivity index (χ0n) is 10.2. The van der Waals surface area contributed by atoms with Crippen molar-refractivity contribution in [2.24, 2.45) is 0 Å². The Kier molecular flexibility index (Phi) is 23.0. The minimum Gasteiger partial charge on any atom is -0.396 e. The Hall–Kier alpha value is -0.200. The summed E-state index contributed by atoms with van der Waals surface area (Å²) in [5, 5.41) is 24.8. The first-order valence-corrected chi connectivity index (χ1v) is 5.72. The molecule has 5 heteroatoms. The van der Waals surface area contributed by atoms with E-state index in [0.717, 1.165) is 25.7 Å². The molecule has 100 valence electrons. The van der Waals surface area contributed by atoms with Crippen LogP contribution in [0.5, 0.6) is 0 Å².